The second-order valence-corrected chi connectivity index (χ2v) is 7.20. The Balaban J connectivity index is 1.74. The molecule has 1 aliphatic carbocycles. The third-order valence-corrected chi connectivity index (χ3v) is 5.27. The van der Waals surface area contributed by atoms with E-state index in [-0.39, 0.29) is 24.0 Å². The summed E-state index contributed by atoms with van der Waals surface area (Å²) in [4.78, 5) is 27.3. The number of hydrogen-bond acceptors (Lipinski definition) is 2. The topological polar surface area (TPSA) is 61.4 Å². The maximum absolute atomic E-state index is 13.0. The lowest BCUT2D eigenvalue weighted by Crippen LogP contribution is -2.53. The molecule has 2 N–H and O–H groups in total. The predicted molar refractivity (Wildman–Crippen MR) is 98.0 cm³/mol. The van der Waals surface area contributed by atoms with E-state index in [0.29, 0.717) is 13.1 Å². The molecule has 1 unspecified atom stereocenters. The van der Waals surface area contributed by atoms with E-state index >= 15 is 0 Å². The van der Waals surface area contributed by atoms with E-state index in [1.807, 2.05) is 30.3 Å². The summed E-state index contributed by atoms with van der Waals surface area (Å²) in [5, 5.41) is 6.14. The van der Waals surface area contributed by atoms with Crippen molar-refractivity contribution in [3.05, 3.63) is 35.9 Å². The molecule has 1 aromatic carbocycles. The van der Waals surface area contributed by atoms with E-state index in [1.165, 1.54) is 19.3 Å². The summed E-state index contributed by atoms with van der Waals surface area (Å²) in [7, 11) is 0. The van der Waals surface area contributed by atoms with E-state index in [2.05, 4.69) is 10.6 Å². The maximum atomic E-state index is 13.0. The number of carbonyl (C=O) groups is 2. The minimum absolute atomic E-state index is 0.0211. The minimum Gasteiger partial charge on any atom is -0.354 e. The molecule has 0 spiro atoms. The van der Waals surface area contributed by atoms with Gasteiger partial charge in [0.05, 0.1) is 0 Å². The number of hydrogen-bond donors (Lipinski definition) is 2. The van der Waals surface area contributed by atoms with Gasteiger partial charge in [0.2, 0.25) is 5.91 Å². The molecule has 1 aliphatic heterocycles. The van der Waals surface area contributed by atoms with Gasteiger partial charge < -0.3 is 15.5 Å². The van der Waals surface area contributed by atoms with Gasteiger partial charge in [-0.05, 0) is 37.7 Å². The van der Waals surface area contributed by atoms with Crippen LogP contribution in [0.1, 0.15) is 56.9 Å². The lowest BCUT2D eigenvalue weighted by atomic mass is 9.95. The molecule has 0 aromatic heterocycles. The first-order valence-corrected chi connectivity index (χ1v) is 9.63. The molecular weight excluding hydrogens is 314 g/mol. The first-order chi connectivity index (χ1) is 12.2. The number of benzene rings is 1. The van der Waals surface area contributed by atoms with Crippen LogP contribution in [0.2, 0.25) is 0 Å². The Morgan fingerprint density at radius 2 is 1.76 bits per heavy atom. The zero-order chi connectivity index (χ0) is 17.5. The lowest BCUT2D eigenvalue weighted by Gasteiger charge is -2.33. The largest absolute Gasteiger partial charge is 0.354 e. The van der Waals surface area contributed by atoms with Crippen LogP contribution in [0, 0.1) is 0 Å². The molecule has 1 heterocycles. The van der Waals surface area contributed by atoms with Crippen molar-refractivity contribution in [2.75, 3.05) is 6.54 Å². The second kappa shape index (κ2) is 8.88. The fraction of sp³-hybridized carbons (Fsp3) is 0.600. The zero-order valence-electron chi connectivity index (χ0n) is 14.9. The molecule has 25 heavy (non-hydrogen) atoms. The second-order valence-electron chi connectivity index (χ2n) is 7.20. The quantitative estimate of drug-likeness (QED) is 0.882. The van der Waals surface area contributed by atoms with Gasteiger partial charge in [0, 0.05) is 19.1 Å². The van der Waals surface area contributed by atoms with Gasteiger partial charge in [0.1, 0.15) is 6.04 Å². The van der Waals surface area contributed by atoms with Crippen LogP contribution in [0.5, 0.6) is 0 Å². The Hall–Kier alpha value is -2.04. The molecule has 136 valence electrons. The summed E-state index contributed by atoms with van der Waals surface area (Å²) >= 11 is 0. The number of nitrogens with zero attached hydrogens (tertiary/aromatic N) is 1. The van der Waals surface area contributed by atoms with Crippen molar-refractivity contribution in [3.63, 3.8) is 0 Å². The van der Waals surface area contributed by atoms with Gasteiger partial charge in [-0.2, -0.15) is 0 Å². The van der Waals surface area contributed by atoms with E-state index in [4.69, 9.17) is 0 Å². The van der Waals surface area contributed by atoms with Gasteiger partial charge >= 0.3 is 6.03 Å². The van der Waals surface area contributed by atoms with Crippen LogP contribution in [-0.4, -0.2) is 35.5 Å². The fourth-order valence-corrected chi connectivity index (χ4v) is 3.83. The molecule has 2 fully saturated rings. The van der Waals surface area contributed by atoms with E-state index in [1.54, 1.807) is 4.90 Å². The molecule has 3 rings (SSSR count). The highest BCUT2D eigenvalue weighted by Crippen LogP contribution is 2.20. The third-order valence-electron chi connectivity index (χ3n) is 5.27. The van der Waals surface area contributed by atoms with Crippen molar-refractivity contribution in [2.24, 2.45) is 0 Å². The molecule has 0 bridgehead atoms. The Kier molecular flexibility index (Phi) is 6.31. The summed E-state index contributed by atoms with van der Waals surface area (Å²) in [5.74, 6) is -0.0211. The van der Waals surface area contributed by atoms with E-state index in [0.717, 1.165) is 37.7 Å². The summed E-state index contributed by atoms with van der Waals surface area (Å²) in [6, 6.07) is 9.69. The van der Waals surface area contributed by atoms with Crippen LogP contribution in [0.3, 0.4) is 0 Å². The molecule has 5 heteroatoms. The van der Waals surface area contributed by atoms with Crippen molar-refractivity contribution >= 4 is 11.9 Å². The minimum atomic E-state index is -0.383. The lowest BCUT2D eigenvalue weighted by molar-refractivity contribution is -0.125. The summed E-state index contributed by atoms with van der Waals surface area (Å²) < 4.78 is 0. The number of amides is 3. The van der Waals surface area contributed by atoms with Crippen LogP contribution >= 0.6 is 0 Å². The van der Waals surface area contributed by atoms with Gasteiger partial charge in [0.25, 0.3) is 0 Å². The smallest absolute Gasteiger partial charge is 0.318 e. The van der Waals surface area contributed by atoms with Crippen molar-refractivity contribution in [1.82, 2.24) is 15.5 Å². The molecular formula is C20H29N3O2. The van der Waals surface area contributed by atoms with Gasteiger partial charge in [-0.15, -0.1) is 0 Å². The average molecular weight is 343 g/mol. The fourth-order valence-electron chi connectivity index (χ4n) is 3.83. The predicted octanol–water partition coefficient (Wildman–Crippen LogP) is 3.20. The number of urea groups is 1. The SMILES string of the molecule is O=C1NCCCCC1N(Cc1ccccc1)C(=O)NC1CCCCC1. The maximum Gasteiger partial charge on any atom is 0.318 e. The molecule has 3 amide bonds. The first kappa shape index (κ1) is 17.8. The highest BCUT2D eigenvalue weighted by molar-refractivity contribution is 5.87. The van der Waals surface area contributed by atoms with Gasteiger partial charge in [-0.1, -0.05) is 49.6 Å². The van der Waals surface area contributed by atoms with Crippen LogP contribution in [-0.2, 0) is 11.3 Å². The summed E-state index contributed by atoms with van der Waals surface area (Å²) in [6.07, 6.45) is 8.36. The Morgan fingerprint density at radius 1 is 1.04 bits per heavy atom. The number of nitrogens with one attached hydrogen (secondary N) is 2. The van der Waals surface area contributed by atoms with Crippen molar-refractivity contribution in [1.29, 1.82) is 0 Å². The molecule has 2 aliphatic rings. The van der Waals surface area contributed by atoms with Crippen molar-refractivity contribution in [3.8, 4) is 0 Å². The molecule has 1 atom stereocenters. The molecule has 0 radical (unpaired) electrons. The standard InChI is InChI=1S/C20H29N3O2/c24-19-18(13-7-8-14-21-19)23(15-16-9-3-1-4-10-16)20(25)22-17-11-5-2-6-12-17/h1,3-4,9-10,17-18H,2,5-8,11-15H2,(H,21,24)(H,22,25). The van der Waals surface area contributed by atoms with Crippen molar-refractivity contribution < 1.29 is 9.59 Å². The van der Waals surface area contributed by atoms with E-state index < -0.39 is 0 Å². The van der Waals surface area contributed by atoms with Gasteiger partial charge in [-0.3, -0.25) is 4.79 Å². The third kappa shape index (κ3) is 4.97. The van der Waals surface area contributed by atoms with Crippen LogP contribution < -0.4 is 10.6 Å². The highest BCUT2D eigenvalue weighted by Gasteiger charge is 2.32. The van der Waals surface area contributed by atoms with Gasteiger partial charge in [-0.25, -0.2) is 4.79 Å². The molecule has 1 saturated carbocycles. The zero-order valence-corrected chi connectivity index (χ0v) is 14.9. The average Bonchev–Trinajstić information content (AvgIpc) is 2.86. The summed E-state index contributed by atoms with van der Waals surface area (Å²) in [6.45, 7) is 1.18. The normalized spacial score (nSPS) is 21.9. The first-order valence-electron chi connectivity index (χ1n) is 9.63. The number of rotatable bonds is 4. The van der Waals surface area contributed by atoms with E-state index in [9.17, 15) is 9.59 Å². The monoisotopic (exact) mass is 343 g/mol. The summed E-state index contributed by atoms with van der Waals surface area (Å²) in [5.41, 5.74) is 1.05. The Labute approximate surface area is 150 Å². The Bertz CT molecular complexity index is 570. The molecule has 1 saturated heterocycles. The van der Waals surface area contributed by atoms with Crippen LogP contribution in [0.15, 0.2) is 30.3 Å². The van der Waals surface area contributed by atoms with Gasteiger partial charge in [0.15, 0.2) is 0 Å². The number of carbonyl (C=O) groups excluding carboxylic acids is 2. The Morgan fingerprint density at radius 3 is 2.52 bits per heavy atom. The molecule has 5 nitrogen and oxygen atoms in total. The molecule has 1 aromatic rings. The van der Waals surface area contributed by atoms with Crippen molar-refractivity contribution in [2.45, 2.75) is 70.0 Å². The van der Waals surface area contributed by atoms with Crippen LogP contribution in [0.25, 0.3) is 0 Å². The highest BCUT2D eigenvalue weighted by atomic mass is 16.2. The van der Waals surface area contributed by atoms with Crippen LogP contribution in [0.4, 0.5) is 4.79 Å².